The van der Waals surface area contributed by atoms with Crippen LogP contribution in [-0.4, -0.2) is 21.5 Å². The lowest BCUT2D eigenvalue weighted by Crippen LogP contribution is -2.10. The largest absolute Gasteiger partial charge is 0.490 e. The van der Waals surface area contributed by atoms with Gasteiger partial charge in [-0.2, -0.15) is 0 Å². The zero-order valence-electron chi connectivity index (χ0n) is 20.0. The number of nitro benzene ring substituents is 1. The molecule has 186 valence electrons. The Morgan fingerprint density at radius 1 is 1.03 bits per heavy atom. The zero-order valence-corrected chi connectivity index (χ0v) is 20.9. The molecule has 2 aromatic heterocycles. The summed E-state index contributed by atoms with van der Waals surface area (Å²) in [6, 6.07) is 11.7. The second kappa shape index (κ2) is 10.5. The van der Waals surface area contributed by atoms with Crippen molar-refractivity contribution in [3.63, 3.8) is 0 Å². The smallest absolute Gasteiger partial charge is 0.269 e. The molecule has 0 aliphatic heterocycles. The highest BCUT2D eigenvalue weighted by Crippen LogP contribution is 2.35. The summed E-state index contributed by atoms with van der Waals surface area (Å²) in [5.41, 5.74) is 2.66. The third kappa shape index (κ3) is 4.97. The van der Waals surface area contributed by atoms with Gasteiger partial charge in [-0.3, -0.25) is 14.9 Å². The van der Waals surface area contributed by atoms with Crippen molar-refractivity contribution in [2.24, 2.45) is 0 Å². The van der Waals surface area contributed by atoms with E-state index in [-0.39, 0.29) is 17.9 Å². The number of hydrogen-bond donors (Lipinski definition) is 1. The van der Waals surface area contributed by atoms with E-state index < -0.39 is 4.92 Å². The van der Waals surface area contributed by atoms with Gasteiger partial charge in [-0.1, -0.05) is 12.8 Å². The fourth-order valence-corrected chi connectivity index (χ4v) is 5.83. The van der Waals surface area contributed by atoms with Crippen LogP contribution >= 0.6 is 11.3 Å². The van der Waals surface area contributed by atoms with Gasteiger partial charge in [-0.05, 0) is 74.1 Å². The Labute approximate surface area is 212 Å². The van der Waals surface area contributed by atoms with Gasteiger partial charge >= 0.3 is 0 Å². The van der Waals surface area contributed by atoms with E-state index in [1.165, 1.54) is 35.4 Å². The standard InChI is InChI=1S/C27H27N3O5S/c1-2-34-22-15-18(11-14-21(22)35-16-17-9-12-19(13-10-17)30(32)33)25-28-26(31)24-20-7-5-3-4-6-8-23(20)36-27(24)29-25/h9-15H,2-8,16H2,1H3,(H,28,29,31). The molecule has 4 aromatic rings. The Bertz CT molecular complexity index is 1460. The molecular formula is C27H27N3O5S. The van der Waals surface area contributed by atoms with Crippen LogP contribution in [0.3, 0.4) is 0 Å². The van der Waals surface area contributed by atoms with Gasteiger partial charge in [0.2, 0.25) is 0 Å². The third-order valence-corrected chi connectivity index (χ3v) is 7.57. The van der Waals surface area contributed by atoms with E-state index in [9.17, 15) is 14.9 Å². The first-order chi connectivity index (χ1) is 17.5. The number of thiophene rings is 1. The number of benzene rings is 2. The monoisotopic (exact) mass is 505 g/mol. The van der Waals surface area contributed by atoms with Crippen molar-refractivity contribution in [2.45, 2.75) is 52.1 Å². The van der Waals surface area contributed by atoms with Crippen LogP contribution < -0.4 is 15.0 Å². The van der Waals surface area contributed by atoms with Crippen molar-refractivity contribution < 1.29 is 14.4 Å². The molecule has 1 aliphatic rings. The summed E-state index contributed by atoms with van der Waals surface area (Å²) in [7, 11) is 0. The molecule has 0 saturated heterocycles. The second-order valence-electron chi connectivity index (χ2n) is 8.82. The molecule has 5 rings (SSSR count). The molecule has 36 heavy (non-hydrogen) atoms. The van der Waals surface area contributed by atoms with E-state index in [2.05, 4.69) is 4.98 Å². The number of hydrogen-bond acceptors (Lipinski definition) is 7. The molecule has 0 fully saturated rings. The number of fused-ring (bicyclic) bond motifs is 3. The van der Waals surface area contributed by atoms with Crippen molar-refractivity contribution in [1.29, 1.82) is 0 Å². The van der Waals surface area contributed by atoms with Gasteiger partial charge in [-0.15, -0.1) is 11.3 Å². The van der Waals surface area contributed by atoms with E-state index >= 15 is 0 Å². The predicted octanol–water partition coefficient (Wildman–Crippen LogP) is 6.20. The molecule has 0 bridgehead atoms. The molecule has 0 atom stereocenters. The summed E-state index contributed by atoms with van der Waals surface area (Å²) in [5, 5.41) is 11.6. The van der Waals surface area contributed by atoms with Gasteiger partial charge < -0.3 is 14.5 Å². The van der Waals surface area contributed by atoms with E-state index in [0.29, 0.717) is 23.9 Å². The molecule has 1 aliphatic carbocycles. The average Bonchev–Trinajstić information content (AvgIpc) is 3.20. The molecule has 0 saturated carbocycles. The summed E-state index contributed by atoms with van der Waals surface area (Å²) in [5.74, 6) is 1.59. The number of aromatic nitrogens is 2. The van der Waals surface area contributed by atoms with Gasteiger partial charge in [-0.25, -0.2) is 4.98 Å². The van der Waals surface area contributed by atoms with Crippen molar-refractivity contribution in [3.05, 3.63) is 78.9 Å². The first kappa shape index (κ1) is 24.0. The van der Waals surface area contributed by atoms with Gasteiger partial charge in [0, 0.05) is 22.6 Å². The molecule has 0 unspecified atom stereocenters. The zero-order chi connectivity index (χ0) is 25.1. The molecule has 0 spiro atoms. The second-order valence-corrected chi connectivity index (χ2v) is 9.90. The minimum absolute atomic E-state index is 0.0364. The van der Waals surface area contributed by atoms with Gasteiger partial charge in [0.15, 0.2) is 11.5 Å². The van der Waals surface area contributed by atoms with Gasteiger partial charge in [0.25, 0.3) is 11.2 Å². The van der Waals surface area contributed by atoms with E-state index in [1.54, 1.807) is 29.5 Å². The molecule has 0 radical (unpaired) electrons. The van der Waals surface area contributed by atoms with Crippen LogP contribution in [0.25, 0.3) is 21.6 Å². The highest BCUT2D eigenvalue weighted by molar-refractivity contribution is 7.18. The fourth-order valence-electron chi connectivity index (χ4n) is 4.57. The van der Waals surface area contributed by atoms with E-state index in [0.717, 1.165) is 47.0 Å². The lowest BCUT2D eigenvalue weighted by molar-refractivity contribution is -0.384. The summed E-state index contributed by atoms with van der Waals surface area (Å²) >= 11 is 1.64. The molecule has 2 aromatic carbocycles. The van der Waals surface area contributed by atoms with Gasteiger partial charge in [0.05, 0.1) is 16.9 Å². The van der Waals surface area contributed by atoms with Crippen LogP contribution in [0.1, 0.15) is 48.6 Å². The van der Waals surface area contributed by atoms with Crippen LogP contribution in [0.4, 0.5) is 5.69 Å². The van der Waals surface area contributed by atoms with Crippen LogP contribution in [0.15, 0.2) is 47.3 Å². The van der Waals surface area contributed by atoms with Crippen molar-refractivity contribution in [2.75, 3.05) is 6.61 Å². The molecule has 9 heteroatoms. The number of aromatic amines is 1. The minimum Gasteiger partial charge on any atom is -0.490 e. The van der Waals surface area contributed by atoms with Crippen LogP contribution in [0.2, 0.25) is 0 Å². The van der Waals surface area contributed by atoms with Gasteiger partial charge in [0.1, 0.15) is 17.3 Å². The summed E-state index contributed by atoms with van der Waals surface area (Å²) in [4.78, 5) is 33.5. The number of aryl methyl sites for hydroxylation is 2. The summed E-state index contributed by atoms with van der Waals surface area (Å²) in [6.45, 7) is 2.57. The number of non-ortho nitro benzene ring substituents is 1. The van der Waals surface area contributed by atoms with Crippen molar-refractivity contribution >= 4 is 27.2 Å². The van der Waals surface area contributed by atoms with Crippen molar-refractivity contribution in [3.8, 4) is 22.9 Å². The first-order valence-electron chi connectivity index (χ1n) is 12.2. The fraction of sp³-hybridized carbons (Fsp3) is 0.333. The topological polar surface area (TPSA) is 107 Å². The highest BCUT2D eigenvalue weighted by Gasteiger charge is 2.19. The number of ether oxygens (including phenoxy) is 2. The lowest BCUT2D eigenvalue weighted by Gasteiger charge is -2.13. The van der Waals surface area contributed by atoms with E-state index in [4.69, 9.17) is 14.5 Å². The number of nitrogens with one attached hydrogen (secondary N) is 1. The Kier molecular flexibility index (Phi) is 6.99. The average molecular weight is 506 g/mol. The van der Waals surface area contributed by atoms with Crippen LogP contribution in [0.5, 0.6) is 11.5 Å². The Morgan fingerprint density at radius 3 is 2.56 bits per heavy atom. The molecule has 8 nitrogen and oxygen atoms in total. The molecule has 0 amide bonds. The quantitative estimate of drug-likeness (QED) is 0.237. The summed E-state index contributed by atoms with van der Waals surface area (Å²) < 4.78 is 11.8. The highest BCUT2D eigenvalue weighted by atomic mass is 32.1. The number of rotatable bonds is 7. The number of H-pyrrole nitrogens is 1. The van der Waals surface area contributed by atoms with Crippen LogP contribution in [0, 0.1) is 10.1 Å². The first-order valence-corrected chi connectivity index (χ1v) is 13.0. The Hall–Kier alpha value is -3.72. The predicted molar refractivity (Wildman–Crippen MR) is 140 cm³/mol. The molecule has 2 heterocycles. The van der Waals surface area contributed by atoms with Crippen molar-refractivity contribution in [1.82, 2.24) is 9.97 Å². The lowest BCUT2D eigenvalue weighted by atomic mass is 9.98. The normalized spacial score (nSPS) is 13.6. The SMILES string of the molecule is CCOc1cc(-c2nc3sc4c(c3c(=O)[nH]2)CCCCCC4)ccc1OCc1ccc([N+](=O)[O-])cc1. The Morgan fingerprint density at radius 2 is 1.81 bits per heavy atom. The van der Waals surface area contributed by atoms with E-state index in [1.807, 2.05) is 19.1 Å². The third-order valence-electron chi connectivity index (χ3n) is 6.38. The van der Waals surface area contributed by atoms with Crippen LogP contribution in [-0.2, 0) is 19.4 Å². The number of nitro groups is 1. The minimum atomic E-state index is -0.430. The maximum atomic E-state index is 13.1. The number of nitrogens with zero attached hydrogens (tertiary/aromatic N) is 2. The maximum Gasteiger partial charge on any atom is 0.269 e. The summed E-state index contributed by atoms with van der Waals surface area (Å²) in [6.07, 6.45) is 6.67. The maximum absolute atomic E-state index is 13.1. The Balaban J connectivity index is 1.43. The molecule has 1 N–H and O–H groups in total. The molecular weight excluding hydrogens is 478 g/mol.